The standard InChI is InChI=1S/C21H18Cl2N2O3S2/c1-13-9-20(18(23)11-17(13)22)30(27,28)24-16-5-4-14-6-7-25(12-15(14)10-16)21(26)19-3-2-8-29-19/h2-5,8-11,24H,6-7,12H2,1H3. The average Bonchev–Trinajstić information content (AvgIpc) is 3.24. The zero-order valence-electron chi connectivity index (χ0n) is 16.0. The van der Waals surface area contributed by atoms with Gasteiger partial charge in [0, 0.05) is 23.8 Å². The number of hydrogen-bond donors (Lipinski definition) is 1. The Kier molecular flexibility index (Phi) is 5.81. The first-order valence-electron chi connectivity index (χ1n) is 9.17. The van der Waals surface area contributed by atoms with E-state index in [1.54, 1.807) is 24.0 Å². The summed E-state index contributed by atoms with van der Waals surface area (Å²) in [6.07, 6.45) is 0.724. The second-order valence-corrected chi connectivity index (χ2v) is 10.5. The zero-order valence-corrected chi connectivity index (χ0v) is 19.1. The van der Waals surface area contributed by atoms with Gasteiger partial charge in [-0.3, -0.25) is 9.52 Å². The summed E-state index contributed by atoms with van der Waals surface area (Å²) in [5, 5.41) is 2.34. The molecule has 1 aliphatic rings. The summed E-state index contributed by atoms with van der Waals surface area (Å²) in [7, 11) is -3.89. The van der Waals surface area contributed by atoms with Crippen LogP contribution in [-0.2, 0) is 23.0 Å². The van der Waals surface area contributed by atoms with Crippen LogP contribution in [0.2, 0.25) is 10.0 Å². The van der Waals surface area contributed by atoms with E-state index in [0.29, 0.717) is 34.2 Å². The maximum Gasteiger partial charge on any atom is 0.264 e. The van der Waals surface area contributed by atoms with Crippen molar-refractivity contribution in [1.82, 2.24) is 4.90 Å². The molecule has 0 radical (unpaired) electrons. The van der Waals surface area contributed by atoms with Crippen LogP contribution >= 0.6 is 34.5 Å². The fourth-order valence-electron chi connectivity index (χ4n) is 3.40. The van der Waals surface area contributed by atoms with Crippen LogP contribution in [0.15, 0.2) is 52.7 Å². The zero-order chi connectivity index (χ0) is 21.5. The van der Waals surface area contributed by atoms with Crippen LogP contribution < -0.4 is 4.72 Å². The van der Waals surface area contributed by atoms with Gasteiger partial charge < -0.3 is 4.90 Å². The van der Waals surface area contributed by atoms with Crippen molar-refractivity contribution >= 4 is 56.2 Å². The number of anilines is 1. The van der Waals surface area contributed by atoms with E-state index < -0.39 is 10.0 Å². The van der Waals surface area contributed by atoms with Gasteiger partial charge in [-0.05, 0) is 65.7 Å². The highest BCUT2D eigenvalue weighted by atomic mass is 35.5. The molecule has 156 valence electrons. The predicted octanol–water partition coefficient (Wildman–Crippen LogP) is 5.36. The number of amides is 1. The number of sulfonamides is 1. The third kappa shape index (κ3) is 4.21. The van der Waals surface area contributed by atoms with Crippen LogP contribution in [0.1, 0.15) is 26.4 Å². The van der Waals surface area contributed by atoms with Gasteiger partial charge in [0.25, 0.3) is 15.9 Å². The van der Waals surface area contributed by atoms with Gasteiger partial charge in [0.15, 0.2) is 0 Å². The molecule has 0 unspecified atom stereocenters. The van der Waals surface area contributed by atoms with Crippen LogP contribution in [0, 0.1) is 6.92 Å². The van der Waals surface area contributed by atoms with Gasteiger partial charge in [-0.25, -0.2) is 8.42 Å². The third-order valence-corrected chi connectivity index (χ3v) is 8.10. The highest BCUT2D eigenvalue weighted by molar-refractivity contribution is 7.92. The van der Waals surface area contributed by atoms with Crippen molar-refractivity contribution in [3.8, 4) is 0 Å². The maximum absolute atomic E-state index is 12.9. The molecular weight excluding hydrogens is 463 g/mol. The summed E-state index contributed by atoms with van der Waals surface area (Å²) in [5.74, 6) is -0.00921. The molecular formula is C21H18Cl2N2O3S2. The largest absolute Gasteiger partial charge is 0.333 e. The van der Waals surface area contributed by atoms with E-state index in [1.165, 1.54) is 23.5 Å². The van der Waals surface area contributed by atoms with Crippen molar-refractivity contribution < 1.29 is 13.2 Å². The molecule has 30 heavy (non-hydrogen) atoms. The van der Waals surface area contributed by atoms with E-state index in [0.717, 1.165) is 17.5 Å². The number of aryl methyl sites for hydroxylation is 1. The quantitative estimate of drug-likeness (QED) is 0.546. The summed E-state index contributed by atoms with van der Waals surface area (Å²) in [5.41, 5.74) is 3.07. The monoisotopic (exact) mass is 480 g/mol. The Morgan fingerprint density at radius 2 is 1.90 bits per heavy atom. The predicted molar refractivity (Wildman–Crippen MR) is 121 cm³/mol. The molecule has 1 N–H and O–H groups in total. The Morgan fingerprint density at radius 1 is 1.10 bits per heavy atom. The number of benzene rings is 2. The highest BCUT2D eigenvalue weighted by Gasteiger charge is 2.24. The number of hydrogen-bond acceptors (Lipinski definition) is 4. The minimum Gasteiger partial charge on any atom is -0.333 e. The number of halogens is 2. The molecule has 3 aromatic rings. The average molecular weight is 481 g/mol. The van der Waals surface area contributed by atoms with Gasteiger partial charge in [0.05, 0.1) is 9.90 Å². The molecule has 9 heteroatoms. The van der Waals surface area contributed by atoms with Crippen LogP contribution in [0.25, 0.3) is 0 Å². The molecule has 0 aliphatic carbocycles. The second kappa shape index (κ2) is 8.23. The van der Waals surface area contributed by atoms with E-state index >= 15 is 0 Å². The highest BCUT2D eigenvalue weighted by Crippen LogP contribution is 2.31. The van der Waals surface area contributed by atoms with E-state index in [9.17, 15) is 13.2 Å². The topological polar surface area (TPSA) is 66.5 Å². The lowest BCUT2D eigenvalue weighted by Crippen LogP contribution is -2.35. The van der Waals surface area contributed by atoms with Gasteiger partial charge in [-0.2, -0.15) is 0 Å². The molecule has 0 saturated carbocycles. The molecule has 0 saturated heterocycles. The lowest BCUT2D eigenvalue weighted by Gasteiger charge is -2.29. The SMILES string of the molecule is Cc1cc(S(=O)(=O)Nc2ccc3c(c2)CN(C(=O)c2cccs2)CC3)c(Cl)cc1Cl. The van der Waals surface area contributed by atoms with Gasteiger partial charge in [0.1, 0.15) is 4.90 Å². The number of nitrogens with zero attached hydrogens (tertiary/aromatic N) is 1. The van der Waals surface area contributed by atoms with Crippen molar-refractivity contribution in [1.29, 1.82) is 0 Å². The Balaban J connectivity index is 1.58. The first kappa shape index (κ1) is 21.2. The molecule has 2 aromatic carbocycles. The van der Waals surface area contributed by atoms with Crippen molar-refractivity contribution in [2.24, 2.45) is 0 Å². The molecule has 2 heterocycles. The Bertz CT molecular complexity index is 1230. The van der Waals surface area contributed by atoms with Crippen LogP contribution in [-0.4, -0.2) is 25.8 Å². The fraction of sp³-hybridized carbons (Fsp3) is 0.190. The summed E-state index contributed by atoms with van der Waals surface area (Å²) in [6, 6.07) is 11.9. The first-order valence-corrected chi connectivity index (χ1v) is 12.3. The van der Waals surface area contributed by atoms with E-state index in [4.69, 9.17) is 23.2 Å². The number of fused-ring (bicyclic) bond motifs is 1. The number of carbonyl (C=O) groups is 1. The van der Waals surface area contributed by atoms with E-state index in [-0.39, 0.29) is 15.8 Å². The molecule has 5 nitrogen and oxygen atoms in total. The van der Waals surface area contributed by atoms with Crippen molar-refractivity contribution in [2.75, 3.05) is 11.3 Å². The summed E-state index contributed by atoms with van der Waals surface area (Å²) >= 11 is 13.6. The van der Waals surface area contributed by atoms with Crippen molar-refractivity contribution in [3.05, 3.63) is 79.5 Å². The summed E-state index contributed by atoms with van der Waals surface area (Å²) in [6.45, 7) is 2.78. The first-order chi connectivity index (χ1) is 14.2. The maximum atomic E-state index is 12.9. The number of nitrogens with one attached hydrogen (secondary N) is 1. The Labute approximate surface area is 189 Å². The Morgan fingerprint density at radius 3 is 2.63 bits per heavy atom. The minimum absolute atomic E-state index is 0.00921. The molecule has 0 spiro atoms. The molecule has 1 aliphatic heterocycles. The molecule has 0 bridgehead atoms. The fourth-order valence-corrected chi connectivity index (χ4v) is 5.97. The smallest absolute Gasteiger partial charge is 0.264 e. The lowest BCUT2D eigenvalue weighted by molar-refractivity contribution is 0.0739. The summed E-state index contributed by atoms with van der Waals surface area (Å²) < 4.78 is 28.3. The Hall–Kier alpha value is -2.06. The van der Waals surface area contributed by atoms with Crippen LogP contribution in [0.5, 0.6) is 0 Å². The van der Waals surface area contributed by atoms with Gasteiger partial charge in [0.2, 0.25) is 0 Å². The normalized spacial score (nSPS) is 13.8. The van der Waals surface area contributed by atoms with Crippen LogP contribution in [0.3, 0.4) is 0 Å². The van der Waals surface area contributed by atoms with Gasteiger partial charge >= 0.3 is 0 Å². The number of rotatable bonds is 4. The molecule has 0 fully saturated rings. The lowest BCUT2D eigenvalue weighted by atomic mass is 9.99. The molecule has 0 atom stereocenters. The van der Waals surface area contributed by atoms with Gasteiger partial charge in [-0.15, -0.1) is 11.3 Å². The summed E-state index contributed by atoms with van der Waals surface area (Å²) in [4.78, 5) is 15.1. The third-order valence-electron chi connectivity index (χ3n) is 4.99. The van der Waals surface area contributed by atoms with Crippen molar-refractivity contribution in [2.45, 2.75) is 24.8 Å². The second-order valence-electron chi connectivity index (χ2n) is 7.07. The van der Waals surface area contributed by atoms with Crippen LogP contribution in [0.4, 0.5) is 5.69 Å². The number of carbonyl (C=O) groups excluding carboxylic acids is 1. The number of thiophene rings is 1. The molecule has 1 amide bonds. The van der Waals surface area contributed by atoms with E-state index in [2.05, 4.69) is 4.72 Å². The van der Waals surface area contributed by atoms with Gasteiger partial charge in [-0.1, -0.05) is 35.3 Å². The minimum atomic E-state index is -3.89. The van der Waals surface area contributed by atoms with Crippen molar-refractivity contribution in [3.63, 3.8) is 0 Å². The van der Waals surface area contributed by atoms with E-state index in [1.807, 2.05) is 23.6 Å². The molecule has 4 rings (SSSR count). The molecule has 1 aromatic heterocycles.